The van der Waals surface area contributed by atoms with Crippen LogP contribution in [0, 0.1) is 5.92 Å². The third-order valence-corrected chi connectivity index (χ3v) is 3.70. The maximum absolute atomic E-state index is 12.4. The number of rotatable bonds is 3. The molecule has 1 aliphatic rings. The first-order valence-corrected chi connectivity index (χ1v) is 7.48. The zero-order valence-electron chi connectivity index (χ0n) is 12.0. The number of hydrogen-bond donors (Lipinski definition) is 2. The second-order valence-electron chi connectivity index (χ2n) is 5.62. The van der Waals surface area contributed by atoms with Gasteiger partial charge in [-0.15, -0.1) is 0 Å². The molecular formula is C15H22ClN3O. The van der Waals surface area contributed by atoms with Crippen molar-refractivity contribution in [3.8, 4) is 0 Å². The SMILES string of the molecule is CC(C)CC1CNCCN1C(=O)Nc1ccc(Cl)cc1. The van der Waals surface area contributed by atoms with Crippen molar-refractivity contribution in [3.63, 3.8) is 0 Å². The lowest BCUT2D eigenvalue weighted by molar-refractivity contribution is 0.159. The van der Waals surface area contributed by atoms with Crippen LogP contribution in [0.1, 0.15) is 20.3 Å². The Kier molecular flexibility index (Phi) is 5.26. The molecule has 1 heterocycles. The number of halogens is 1. The first-order chi connectivity index (χ1) is 9.56. The van der Waals surface area contributed by atoms with Gasteiger partial charge >= 0.3 is 6.03 Å². The van der Waals surface area contributed by atoms with Gasteiger partial charge in [-0.2, -0.15) is 0 Å². The van der Waals surface area contributed by atoms with Crippen molar-refractivity contribution in [2.75, 3.05) is 25.0 Å². The highest BCUT2D eigenvalue weighted by Gasteiger charge is 2.26. The predicted molar refractivity (Wildman–Crippen MR) is 83.3 cm³/mol. The van der Waals surface area contributed by atoms with E-state index < -0.39 is 0 Å². The molecule has 1 unspecified atom stereocenters. The van der Waals surface area contributed by atoms with Gasteiger partial charge in [0.1, 0.15) is 0 Å². The van der Waals surface area contributed by atoms with Crippen LogP contribution < -0.4 is 10.6 Å². The highest BCUT2D eigenvalue weighted by Crippen LogP contribution is 2.17. The average Bonchev–Trinajstić information content (AvgIpc) is 2.41. The molecule has 1 saturated heterocycles. The van der Waals surface area contributed by atoms with E-state index in [9.17, 15) is 4.79 Å². The van der Waals surface area contributed by atoms with Gasteiger partial charge in [0.15, 0.2) is 0 Å². The molecule has 1 aromatic carbocycles. The van der Waals surface area contributed by atoms with Gasteiger partial charge < -0.3 is 15.5 Å². The number of hydrogen-bond acceptors (Lipinski definition) is 2. The van der Waals surface area contributed by atoms with Gasteiger partial charge in [0.05, 0.1) is 0 Å². The molecule has 2 N–H and O–H groups in total. The van der Waals surface area contributed by atoms with Crippen molar-refractivity contribution >= 4 is 23.3 Å². The van der Waals surface area contributed by atoms with Gasteiger partial charge in [-0.25, -0.2) is 4.79 Å². The first-order valence-electron chi connectivity index (χ1n) is 7.10. The summed E-state index contributed by atoms with van der Waals surface area (Å²) in [7, 11) is 0. The van der Waals surface area contributed by atoms with Gasteiger partial charge in [0.2, 0.25) is 0 Å². The van der Waals surface area contributed by atoms with Crippen LogP contribution in [0.4, 0.5) is 10.5 Å². The summed E-state index contributed by atoms with van der Waals surface area (Å²) in [6.07, 6.45) is 1.01. The van der Waals surface area contributed by atoms with Crippen molar-refractivity contribution in [1.82, 2.24) is 10.2 Å². The highest BCUT2D eigenvalue weighted by molar-refractivity contribution is 6.30. The smallest absolute Gasteiger partial charge is 0.319 e. The molecule has 1 atom stereocenters. The van der Waals surface area contributed by atoms with E-state index in [0.717, 1.165) is 31.7 Å². The van der Waals surface area contributed by atoms with Crippen LogP contribution >= 0.6 is 11.6 Å². The third kappa shape index (κ3) is 4.12. The van der Waals surface area contributed by atoms with Crippen molar-refractivity contribution in [1.29, 1.82) is 0 Å². The minimum Gasteiger partial charge on any atom is -0.319 e. The molecule has 20 heavy (non-hydrogen) atoms. The van der Waals surface area contributed by atoms with E-state index in [1.165, 1.54) is 0 Å². The summed E-state index contributed by atoms with van der Waals surface area (Å²) in [6.45, 7) is 6.83. The van der Waals surface area contributed by atoms with Crippen LogP contribution in [0.2, 0.25) is 5.02 Å². The molecule has 1 aromatic rings. The summed E-state index contributed by atoms with van der Waals surface area (Å²) in [5, 5.41) is 6.97. The maximum Gasteiger partial charge on any atom is 0.322 e. The van der Waals surface area contributed by atoms with Gasteiger partial charge in [-0.05, 0) is 36.6 Å². The largest absolute Gasteiger partial charge is 0.322 e. The standard InChI is InChI=1S/C15H22ClN3O/c1-11(2)9-14-10-17-7-8-19(14)15(20)18-13-5-3-12(16)4-6-13/h3-6,11,14,17H,7-10H2,1-2H3,(H,18,20). The molecule has 2 amide bonds. The van der Waals surface area contributed by atoms with E-state index in [1.807, 2.05) is 17.0 Å². The maximum atomic E-state index is 12.4. The Hall–Kier alpha value is -1.26. The van der Waals surface area contributed by atoms with Gasteiger partial charge in [-0.1, -0.05) is 25.4 Å². The minimum absolute atomic E-state index is 0.0283. The van der Waals surface area contributed by atoms with Crippen molar-refractivity contribution < 1.29 is 4.79 Å². The normalized spacial score (nSPS) is 19.2. The zero-order chi connectivity index (χ0) is 14.5. The molecule has 0 bridgehead atoms. The number of benzene rings is 1. The molecule has 0 aromatic heterocycles. The van der Waals surface area contributed by atoms with Crippen LogP contribution in [0.3, 0.4) is 0 Å². The molecule has 1 fully saturated rings. The summed E-state index contributed by atoms with van der Waals surface area (Å²) >= 11 is 5.85. The van der Waals surface area contributed by atoms with Crippen LogP contribution in [0.25, 0.3) is 0 Å². The van der Waals surface area contributed by atoms with Gasteiger partial charge in [-0.3, -0.25) is 0 Å². The molecule has 0 saturated carbocycles. The van der Waals surface area contributed by atoms with E-state index in [4.69, 9.17) is 11.6 Å². The lowest BCUT2D eigenvalue weighted by atomic mass is 10.0. The molecule has 5 heteroatoms. The summed E-state index contributed by atoms with van der Waals surface area (Å²) in [5.74, 6) is 0.575. The van der Waals surface area contributed by atoms with Gasteiger partial charge in [0.25, 0.3) is 0 Å². The molecule has 110 valence electrons. The van der Waals surface area contributed by atoms with E-state index >= 15 is 0 Å². The Morgan fingerprint density at radius 2 is 2.15 bits per heavy atom. The zero-order valence-corrected chi connectivity index (χ0v) is 12.8. The van der Waals surface area contributed by atoms with Crippen LogP contribution in [-0.2, 0) is 0 Å². The fourth-order valence-corrected chi connectivity index (χ4v) is 2.64. The lowest BCUT2D eigenvalue weighted by Crippen LogP contribution is -2.55. The van der Waals surface area contributed by atoms with E-state index in [-0.39, 0.29) is 12.1 Å². The average molecular weight is 296 g/mol. The summed E-state index contributed by atoms with van der Waals surface area (Å²) in [4.78, 5) is 14.3. The van der Waals surface area contributed by atoms with Crippen molar-refractivity contribution in [2.45, 2.75) is 26.3 Å². The Bertz CT molecular complexity index is 447. The topological polar surface area (TPSA) is 44.4 Å². The molecule has 0 aliphatic carbocycles. The number of carbonyl (C=O) groups is 1. The molecular weight excluding hydrogens is 274 g/mol. The highest BCUT2D eigenvalue weighted by atomic mass is 35.5. The molecule has 1 aliphatic heterocycles. The summed E-state index contributed by atoms with van der Waals surface area (Å²) < 4.78 is 0. The first kappa shape index (κ1) is 15.1. The molecule has 0 radical (unpaired) electrons. The Morgan fingerprint density at radius 3 is 2.80 bits per heavy atom. The number of carbonyl (C=O) groups excluding carboxylic acids is 1. The lowest BCUT2D eigenvalue weighted by Gasteiger charge is -2.37. The quantitative estimate of drug-likeness (QED) is 0.899. The minimum atomic E-state index is -0.0283. The molecule has 0 spiro atoms. The fraction of sp³-hybridized carbons (Fsp3) is 0.533. The molecule has 4 nitrogen and oxygen atoms in total. The van der Waals surface area contributed by atoms with E-state index in [2.05, 4.69) is 24.5 Å². The second-order valence-corrected chi connectivity index (χ2v) is 6.05. The van der Waals surface area contributed by atoms with E-state index in [1.54, 1.807) is 12.1 Å². The van der Waals surface area contributed by atoms with E-state index in [0.29, 0.717) is 10.9 Å². The summed E-state index contributed by atoms with van der Waals surface area (Å²) in [6, 6.07) is 7.43. The van der Waals surface area contributed by atoms with Crippen LogP contribution in [0.15, 0.2) is 24.3 Å². The van der Waals surface area contributed by atoms with Gasteiger partial charge in [0, 0.05) is 36.4 Å². The fourth-order valence-electron chi connectivity index (χ4n) is 2.51. The number of nitrogens with zero attached hydrogens (tertiary/aromatic N) is 1. The monoisotopic (exact) mass is 295 g/mol. The van der Waals surface area contributed by atoms with Crippen LogP contribution in [-0.4, -0.2) is 36.6 Å². The predicted octanol–water partition coefficient (Wildman–Crippen LogP) is 3.19. The third-order valence-electron chi connectivity index (χ3n) is 3.45. The Labute approximate surface area is 125 Å². The second kappa shape index (κ2) is 6.95. The Morgan fingerprint density at radius 1 is 1.45 bits per heavy atom. The number of nitrogens with one attached hydrogen (secondary N) is 2. The Balaban J connectivity index is 2.00. The summed E-state index contributed by atoms with van der Waals surface area (Å²) in [5.41, 5.74) is 0.779. The van der Waals surface area contributed by atoms with Crippen LogP contribution in [0.5, 0.6) is 0 Å². The number of piperazine rings is 1. The van der Waals surface area contributed by atoms with Crippen molar-refractivity contribution in [2.24, 2.45) is 5.92 Å². The molecule has 2 rings (SSSR count). The number of amides is 2. The van der Waals surface area contributed by atoms with Crippen molar-refractivity contribution in [3.05, 3.63) is 29.3 Å². The number of anilines is 1. The number of urea groups is 1.